The van der Waals surface area contributed by atoms with Gasteiger partial charge in [0.1, 0.15) is 0 Å². The van der Waals surface area contributed by atoms with E-state index in [9.17, 15) is 14.4 Å². The van der Waals surface area contributed by atoms with Crippen LogP contribution in [0.5, 0.6) is 0 Å². The maximum atomic E-state index is 13.0. The summed E-state index contributed by atoms with van der Waals surface area (Å²) in [5, 5.41) is 0. The molecule has 3 fully saturated rings. The highest BCUT2D eigenvalue weighted by Gasteiger charge is 2.36. The molecule has 0 aromatic carbocycles. The van der Waals surface area contributed by atoms with Crippen LogP contribution in [0.2, 0.25) is 0 Å². The zero-order valence-electron chi connectivity index (χ0n) is 18.1. The number of likely N-dealkylation sites (tertiary alicyclic amines) is 2. The number of amides is 3. The number of morpholine rings is 1. The molecule has 3 atom stereocenters. The SMILES string of the molecule is CCOC(=O)CC1CCN(C(=O)N2CCOCC2)CC1CCN1CCCC1C(N)=O. The molecule has 3 aliphatic heterocycles. The van der Waals surface area contributed by atoms with Gasteiger partial charge in [-0.05, 0) is 57.5 Å². The summed E-state index contributed by atoms with van der Waals surface area (Å²) in [5.74, 6) is -0.0466. The fourth-order valence-corrected chi connectivity index (χ4v) is 4.99. The Balaban J connectivity index is 1.62. The third-order valence-electron chi connectivity index (χ3n) is 6.66. The van der Waals surface area contributed by atoms with Crippen LogP contribution in [0.1, 0.15) is 39.0 Å². The Bertz CT molecular complexity index is 610. The molecule has 0 radical (unpaired) electrons. The first kappa shape index (κ1) is 22.8. The smallest absolute Gasteiger partial charge is 0.320 e. The molecule has 3 saturated heterocycles. The Kier molecular flexibility index (Phi) is 8.32. The van der Waals surface area contributed by atoms with Crippen molar-refractivity contribution < 1.29 is 23.9 Å². The largest absolute Gasteiger partial charge is 0.466 e. The number of urea groups is 1. The van der Waals surface area contributed by atoms with Gasteiger partial charge in [-0.25, -0.2) is 4.79 Å². The van der Waals surface area contributed by atoms with E-state index in [1.165, 1.54) is 0 Å². The molecule has 0 bridgehead atoms. The summed E-state index contributed by atoms with van der Waals surface area (Å²) in [6.45, 7) is 7.54. The van der Waals surface area contributed by atoms with Crippen LogP contribution in [0.4, 0.5) is 4.79 Å². The first-order valence-corrected chi connectivity index (χ1v) is 11.3. The van der Waals surface area contributed by atoms with Crippen LogP contribution >= 0.6 is 0 Å². The number of ether oxygens (including phenoxy) is 2. The van der Waals surface area contributed by atoms with Gasteiger partial charge in [0.15, 0.2) is 0 Å². The topological polar surface area (TPSA) is 105 Å². The van der Waals surface area contributed by atoms with Gasteiger partial charge < -0.3 is 25.0 Å². The number of carbonyl (C=O) groups is 3. The standard InChI is InChI=1S/C21H36N4O5/c1-2-30-19(26)14-16-5-9-25(21(28)24-10-12-29-13-11-24)15-17(16)6-8-23-7-3-4-18(23)20(22)27/h16-18H,2-15H2,1H3,(H2,22,27). The Hall–Kier alpha value is -1.87. The molecule has 2 N–H and O–H groups in total. The van der Waals surface area contributed by atoms with Crippen molar-refractivity contribution in [1.29, 1.82) is 0 Å². The molecule has 0 aromatic heterocycles. The lowest BCUT2D eigenvalue weighted by atomic mass is 9.81. The number of hydrogen-bond acceptors (Lipinski definition) is 6. The number of nitrogens with zero attached hydrogens (tertiary/aromatic N) is 3. The summed E-state index contributed by atoms with van der Waals surface area (Å²) in [7, 11) is 0. The molecule has 9 nitrogen and oxygen atoms in total. The van der Waals surface area contributed by atoms with Crippen LogP contribution < -0.4 is 5.73 Å². The van der Waals surface area contributed by atoms with E-state index >= 15 is 0 Å². The van der Waals surface area contributed by atoms with Crippen molar-refractivity contribution in [2.75, 3.05) is 59.1 Å². The second kappa shape index (κ2) is 10.9. The van der Waals surface area contributed by atoms with Gasteiger partial charge in [0, 0.05) is 32.6 Å². The van der Waals surface area contributed by atoms with Gasteiger partial charge in [-0.15, -0.1) is 0 Å². The van der Waals surface area contributed by atoms with Crippen molar-refractivity contribution >= 4 is 17.9 Å². The van der Waals surface area contributed by atoms with Crippen molar-refractivity contribution in [2.24, 2.45) is 17.6 Å². The van der Waals surface area contributed by atoms with Gasteiger partial charge in [0.05, 0.1) is 25.9 Å². The van der Waals surface area contributed by atoms with Crippen molar-refractivity contribution in [1.82, 2.24) is 14.7 Å². The molecule has 3 aliphatic rings. The van der Waals surface area contributed by atoms with Crippen molar-refractivity contribution in [3.05, 3.63) is 0 Å². The summed E-state index contributed by atoms with van der Waals surface area (Å²) in [6.07, 6.45) is 3.80. The Morgan fingerprint density at radius 2 is 1.80 bits per heavy atom. The van der Waals surface area contributed by atoms with Gasteiger partial charge in [0.2, 0.25) is 5.91 Å². The third-order valence-corrected chi connectivity index (χ3v) is 6.66. The van der Waals surface area contributed by atoms with Gasteiger partial charge in [0.25, 0.3) is 0 Å². The van der Waals surface area contributed by atoms with E-state index in [0.717, 1.165) is 38.8 Å². The monoisotopic (exact) mass is 424 g/mol. The Labute approximate surface area is 178 Å². The predicted molar refractivity (Wildman–Crippen MR) is 111 cm³/mol. The molecule has 170 valence electrons. The molecule has 0 spiro atoms. The van der Waals surface area contributed by atoms with E-state index in [1.54, 1.807) is 0 Å². The number of esters is 1. The number of nitrogens with two attached hydrogens (primary N) is 1. The zero-order valence-corrected chi connectivity index (χ0v) is 18.1. The Morgan fingerprint density at radius 1 is 1.03 bits per heavy atom. The maximum absolute atomic E-state index is 13.0. The molecular weight excluding hydrogens is 388 g/mol. The summed E-state index contributed by atoms with van der Waals surface area (Å²) < 4.78 is 10.5. The molecule has 30 heavy (non-hydrogen) atoms. The lowest BCUT2D eigenvalue weighted by Gasteiger charge is -2.41. The average molecular weight is 425 g/mol. The maximum Gasteiger partial charge on any atom is 0.320 e. The summed E-state index contributed by atoms with van der Waals surface area (Å²) in [6, 6.07) is -0.128. The lowest BCUT2D eigenvalue weighted by Crippen LogP contribution is -2.53. The first-order valence-electron chi connectivity index (χ1n) is 11.3. The molecule has 0 saturated carbocycles. The molecule has 3 unspecified atom stereocenters. The normalized spacial score (nSPS) is 27.8. The fraction of sp³-hybridized carbons (Fsp3) is 0.857. The van der Waals surface area contributed by atoms with E-state index in [-0.39, 0.29) is 35.8 Å². The average Bonchev–Trinajstić information content (AvgIpc) is 3.22. The van der Waals surface area contributed by atoms with E-state index in [0.29, 0.717) is 52.4 Å². The second-order valence-electron chi connectivity index (χ2n) is 8.53. The van der Waals surface area contributed by atoms with Crippen molar-refractivity contribution in [3.8, 4) is 0 Å². The van der Waals surface area contributed by atoms with Crippen LogP contribution in [-0.2, 0) is 19.1 Å². The van der Waals surface area contributed by atoms with Crippen LogP contribution in [0.15, 0.2) is 0 Å². The molecule has 3 amide bonds. The molecule has 0 aromatic rings. The van der Waals surface area contributed by atoms with Crippen LogP contribution in [0, 0.1) is 11.8 Å². The quantitative estimate of drug-likeness (QED) is 0.602. The molecule has 0 aliphatic carbocycles. The minimum absolute atomic E-state index is 0.0640. The van der Waals surface area contributed by atoms with E-state index in [2.05, 4.69) is 4.90 Å². The van der Waals surface area contributed by atoms with Gasteiger partial charge in [-0.3, -0.25) is 14.5 Å². The molecule has 9 heteroatoms. The van der Waals surface area contributed by atoms with E-state index in [1.807, 2.05) is 16.7 Å². The molecule has 3 heterocycles. The molecule has 3 rings (SSSR count). The zero-order chi connectivity index (χ0) is 21.5. The summed E-state index contributed by atoms with van der Waals surface area (Å²) >= 11 is 0. The lowest BCUT2D eigenvalue weighted by molar-refractivity contribution is -0.145. The summed E-state index contributed by atoms with van der Waals surface area (Å²) in [5.41, 5.74) is 5.56. The van der Waals surface area contributed by atoms with Crippen molar-refractivity contribution in [2.45, 2.75) is 45.1 Å². The summed E-state index contributed by atoms with van der Waals surface area (Å²) in [4.78, 5) is 42.7. The van der Waals surface area contributed by atoms with E-state index in [4.69, 9.17) is 15.2 Å². The minimum atomic E-state index is -0.261. The third kappa shape index (κ3) is 5.85. The van der Waals surface area contributed by atoms with Gasteiger partial charge in [-0.1, -0.05) is 0 Å². The van der Waals surface area contributed by atoms with Crippen molar-refractivity contribution in [3.63, 3.8) is 0 Å². The highest BCUT2D eigenvalue weighted by molar-refractivity contribution is 5.80. The van der Waals surface area contributed by atoms with Gasteiger partial charge in [-0.2, -0.15) is 0 Å². The first-order chi connectivity index (χ1) is 14.5. The highest BCUT2D eigenvalue weighted by Crippen LogP contribution is 2.31. The van der Waals surface area contributed by atoms with Crippen LogP contribution in [0.3, 0.4) is 0 Å². The minimum Gasteiger partial charge on any atom is -0.466 e. The highest BCUT2D eigenvalue weighted by atomic mass is 16.5. The van der Waals surface area contributed by atoms with E-state index < -0.39 is 0 Å². The predicted octanol–water partition coefficient (Wildman–Crippen LogP) is 0.670. The second-order valence-corrected chi connectivity index (χ2v) is 8.53. The number of piperidine rings is 1. The number of rotatable bonds is 7. The molecular formula is C21H36N4O5. The number of primary amides is 1. The number of carbonyl (C=O) groups excluding carboxylic acids is 3. The number of hydrogen-bond donors (Lipinski definition) is 1. The van der Waals surface area contributed by atoms with Crippen LogP contribution in [0.25, 0.3) is 0 Å². The Morgan fingerprint density at radius 3 is 2.50 bits per heavy atom. The van der Waals surface area contributed by atoms with Crippen LogP contribution in [-0.4, -0.2) is 97.7 Å². The fourth-order valence-electron chi connectivity index (χ4n) is 4.99. The van der Waals surface area contributed by atoms with Gasteiger partial charge >= 0.3 is 12.0 Å².